The van der Waals surface area contributed by atoms with Crippen molar-refractivity contribution < 1.29 is 14.3 Å². The van der Waals surface area contributed by atoms with Crippen LogP contribution < -0.4 is 10.1 Å². The normalized spacial score (nSPS) is 15.8. The first-order chi connectivity index (χ1) is 13.4. The highest BCUT2D eigenvalue weighted by Gasteiger charge is 2.22. The number of hydrogen-bond acceptors (Lipinski definition) is 3. The number of rotatable bonds is 5. The molecular weight excluding hydrogens is 376 g/mol. The van der Waals surface area contributed by atoms with Gasteiger partial charge in [-0.15, -0.1) is 0 Å². The van der Waals surface area contributed by atoms with Crippen molar-refractivity contribution in [3.63, 3.8) is 0 Å². The maximum Gasteiger partial charge on any atom is 0.265 e. The average Bonchev–Trinajstić information content (AvgIpc) is 2.70. The van der Waals surface area contributed by atoms with Crippen LogP contribution in [-0.2, 0) is 4.79 Å². The molecule has 1 N–H and O–H groups in total. The predicted octanol–water partition coefficient (Wildman–Crippen LogP) is 4.62. The van der Waals surface area contributed by atoms with Crippen LogP contribution in [0.15, 0.2) is 48.5 Å². The summed E-state index contributed by atoms with van der Waals surface area (Å²) in [4.78, 5) is 27.1. The molecule has 1 aliphatic rings. The lowest BCUT2D eigenvalue weighted by Gasteiger charge is -2.30. The minimum absolute atomic E-state index is 0.00312. The van der Waals surface area contributed by atoms with E-state index in [0.29, 0.717) is 27.9 Å². The average molecular weight is 401 g/mol. The second-order valence-electron chi connectivity index (χ2n) is 7.24. The highest BCUT2D eigenvalue weighted by atomic mass is 35.5. The Kier molecular flexibility index (Phi) is 6.57. The summed E-state index contributed by atoms with van der Waals surface area (Å²) in [5, 5.41) is 3.26. The molecule has 0 aliphatic carbocycles. The van der Waals surface area contributed by atoms with Gasteiger partial charge < -0.3 is 15.0 Å². The lowest BCUT2D eigenvalue weighted by molar-refractivity contribution is -0.122. The number of ether oxygens (including phenoxy) is 1. The van der Waals surface area contributed by atoms with Crippen LogP contribution in [0.4, 0.5) is 5.69 Å². The Balaban J connectivity index is 1.63. The number of benzene rings is 2. The third kappa shape index (κ3) is 5.04. The molecule has 1 fully saturated rings. The van der Waals surface area contributed by atoms with Crippen molar-refractivity contribution in [2.75, 3.05) is 18.4 Å². The Labute approximate surface area is 170 Å². The van der Waals surface area contributed by atoms with Gasteiger partial charge in [0.1, 0.15) is 5.75 Å². The summed E-state index contributed by atoms with van der Waals surface area (Å²) in [6.07, 6.45) is 1.32. The largest absolute Gasteiger partial charge is 0.479 e. The molecule has 6 heteroatoms. The number of para-hydroxylation sites is 1. The fourth-order valence-corrected chi connectivity index (χ4v) is 3.33. The summed E-state index contributed by atoms with van der Waals surface area (Å²) < 4.78 is 5.64. The molecular formula is C22H25ClN2O3. The zero-order chi connectivity index (χ0) is 20.1. The molecule has 1 saturated heterocycles. The molecule has 2 aromatic carbocycles. The molecule has 0 spiro atoms. The van der Waals surface area contributed by atoms with Crippen molar-refractivity contribution in [3.8, 4) is 5.75 Å². The number of piperidine rings is 1. The quantitative estimate of drug-likeness (QED) is 0.796. The predicted molar refractivity (Wildman–Crippen MR) is 111 cm³/mol. The molecule has 28 heavy (non-hydrogen) atoms. The van der Waals surface area contributed by atoms with E-state index in [-0.39, 0.29) is 11.8 Å². The van der Waals surface area contributed by atoms with Crippen LogP contribution in [-0.4, -0.2) is 35.9 Å². The number of likely N-dealkylation sites (tertiary alicyclic amines) is 1. The summed E-state index contributed by atoms with van der Waals surface area (Å²) in [7, 11) is 0. The van der Waals surface area contributed by atoms with Crippen molar-refractivity contribution >= 4 is 29.1 Å². The van der Waals surface area contributed by atoms with Crippen LogP contribution >= 0.6 is 11.6 Å². The van der Waals surface area contributed by atoms with Gasteiger partial charge in [0.05, 0.1) is 5.02 Å². The second kappa shape index (κ2) is 9.11. The minimum atomic E-state index is -0.733. The summed E-state index contributed by atoms with van der Waals surface area (Å²) in [5.74, 6) is 0.809. The van der Waals surface area contributed by atoms with E-state index in [0.717, 1.165) is 25.9 Å². The van der Waals surface area contributed by atoms with Gasteiger partial charge in [-0.25, -0.2) is 0 Å². The van der Waals surface area contributed by atoms with E-state index < -0.39 is 6.10 Å². The fourth-order valence-electron chi connectivity index (χ4n) is 3.15. The molecule has 2 amide bonds. The first-order valence-electron chi connectivity index (χ1n) is 9.55. The van der Waals surface area contributed by atoms with Gasteiger partial charge in [0.2, 0.25) is 0 Å². The molecule has 1 unspecified atom stereocenters. The smallest absolute Gasteiger partial charge is 0.265 e. The van der Waals surface area contributed by atoms with E-state index in [1.54, 1.807) is 55.5 Å². The van der Waals surface area contributed by atoms with Gasteiger partial charge in [0.25, 0.3) is 11.8 Å². The van der Waals surface area contributed by atoms with Crippen LogP contribution in [0.3, 0.4) is 0 Å². The van der Waals surface area contributed by atoms with E-state index in [2.05, 4.69) is 12.2 Å². The third-order valence-corrected chi connectivity index (χ3v) is 5.27. The summed E-state index contributed by atoms with van der Waals surface area (Å²) in [6.45, 7) is 5.42. The van der Waals surface area contributed by atoms with Crippen LogP contribution in [0.25, 0.3) is 0 Å². The fraction of sp³-hybridized carbons (Fsp3) is 0.364. The lowest BCUT2D eigenvalue weighted by Crippen LogP contribution is -2.38. The molecule has 3 rings (SSSR count). The maximum absolute atomic E-state index is 12.7. The Morgan fingerprint density at radius 1 is 1.14 bits per heavy atom. The van der Waals surface area contributed by atoms with Gasteiger partial charge in [-0.3, -0.25) is 9.59 Å². The van der Waals surface area contributed by atoms with E-state index in [1.165, 1.54) is 0 Å². The number of anilines is 1. The molecule has 0 saturated carbocycles. The summed E-state index contributed by atoms with van der Waals surface area (Å²) >= 11 is 6.07. The van der Waals surface area contributed by atoms with Gasteiger partial charge in [-0.1, -0.05) is 36.7 Å². The van der Waals surface area contributed by atoms with Crippen LogP contribution in [0, 0.1) is 5.92 Å². The van der Waals surface area contributed by atoms with Crippen molar-refractivity contribution in [3.05, 3.63) is 59.1 Å². The van der Waals surface area contributed by atoms with Gasteiger partial charge in [0.15, 0.2) is 6.10 Å². The molecule has 1 aliphatic heterocycles. The lowest BCUT2D eigenvalue weighted by atomic mass is 9.98. The van der Waals surface area contributed by atoms with Gasteiger partial charge in [-0.05, 0) is 56.0 Å². The Morgan fingerprint density at radius 3 is 2.57 bits per heavy atom. The second-order valence-corrected chi connectivity index (χ2v) is 7.64. The van der Waals surface area contributed by atoms with Crippen LogP contribution in [0.2, 0.25) is 5.02 Å². The Hall–Kier alpha value is -2.53. The number of hydrogen-bond donors (Lipinski definition) is 1. The molecule has 5 nitrogen and oxygen atoms in total. The monoisotopic (exact) mass is 400 g/mol. The van der Waals surface area contributed by atoms with Gasteiger partial charge in [0, 0.05) is 24.3 Å². The molecule has 2 aromatic rings. The number of carbonyl (C=O) groups is 2. The molecule has 148 valence electrons. The topological polar surface area (TPSA) is 58.6 Å². The Morgan fingerprint density at radius 2 is 1.86 bits per heavy atom. The molecule has 0 bridgehead atoms. The highest BCUT2D eigenvalue weighted by molar-refractivity contribution is 6.32. The number of nitrogens with one attached hydrogen (secondary N) is 1. The van der Waals surface area contributed by atoms with Crippen molar-refractivity contribution in [1.82, 2.24) is 4.90 Å². The van der Waals surface area contributed by atoms with Crippen LogP contribution in [0.1, 0.15) is 37.0 Å². The van der Waals surface area contributed by atoms with Gasteiger partial charge in [-0.2, -0.15) is 0 Å². The summed E-state index contributed by atoms with van der Waals surface area (Å²) in [5.41, 5.74) is 1.14. The first-order valence-corrected chi connectivity index (χ1v) is 9.93. The number of amides is 2. The zero-order valence-electron chi connectivity index (χ0n) is 16.2. The third-order valence-electron chi connectivity index (χ3n) is 4.96. The molecule has 1 atom stereocenters. The number of halogens is 1. The Bertz CT molecular complexity index is 847. The van der Waals surface area contributed by atoms with E-state index in [9.17, 15) is 9.59 Å². The SMILES string of the molecule is CC1CCN(C(=O)c2cccc(NC(=O)C(C)Oc3ccccc3Cl)c2)CC1. The van der Waals surface area contributed by atoms with Crippen molar-refractivity contribution in [1.29, 1.82) is 0 Å². The standard InChI is InChI=1S/C22H25ClN2O3/c1-15-10-12-25(13-11-15)22(27)17-6-5-7-18(14-17)24-21(26)16(2)28-20-9-4-3-8-19(20)23/h3-9,14-16H,10-13H2,1-2H3,(H,24,26). The minimum Gasteiger partial charge on any atom is -0.479 e. The van der Waals surface area contributed by atoms with Crippen molar-refractivity contribution in [2.45, 2.75) is 32.8 Å². The molecule has 1 heterocycles. The first kappa shape index (κ1) is 20.2. The maximum atomic E-state index is 12.7. The van der Waals surface area contributed by atoms with Gasteiger partial charge >= 0.3 is 0 Å². The molecule has 0 aromatic heterocycles. The number of carbonyl (C=O) groups excluding carboxylic acids is 2. The summed E-state index contributed by atoms with van der Waals surface area (Å²) in [6, 6.07) is 14.0. The number of nitrogens with zero attached hydrogens (tertiary/aromatic N) is 1. The molecule has 0 radical (unpaired) electrons. The highest BCUT2D eigenvalue weighted by Crippen LogP contribution is 2.25. The van der Waals surface area contributed by atoms with E-state index >= 15 is 0 Å². The van der Waals surface area contributed by atoms with Crippen molar-refractivity contribution in [2.24, 2.45) is 5.92 Å². The zero-order valence-corrected chi connectivity index (χ0v) is 16.9. The van der Waals surface area contributed by atoms with Crippen LogP contribution in [0.5, 0.6) is 5.75 Å². The van der Waals surface area contributed by atoms with E-state index in [1.807, 2.05) is 4.90 Å². The van der Waals surface area contributed by atoms with E-state index in [4.69, 9.17) is 16.3 Å².